The first-order valence-electron chi connectivity index (χ1n) is 14.9. The van der Waals surface area contributed by atoms with Crippen molar-refractivity contribution in [2.75, 3.05) is 0 Å². The van der Waals surface area contributed by atoms with Gasteiger partial charge < -0.3 is 0 Å². The summed E-state index contributed by atoms with van der Waals surface area (Å²) in [5.74, 6) is 0. The van der Waals surface area contributed by atoms with Crippen molar-refractivity contribution >= 4 is 85.7 Å². The Morgan fingerprint density at radius 1 is 0.500 bits per heavy atom. The Bertz CT molecular complexity index is 2600. The van der Waals surface area contributed by atoms with Gasteiger partial charge in [-0.25, -0.2) is 0 Å². The van der Waals surface area contributed by atoms with Crippen LogP contribution in [-0.4, -0.2) is 0 Å². The third-order valence-electron chi connectivity index (χ3n) is 8.16. The molecule has 2 heterocycles. The fourth-order valence-corrected chi connectivity index (χ4v) is 11.3. The van der Waals surface area contributed by atoms with E-state index in [2.05, 4.69) is 86.6 Å². The minimum absolute atomic E-state index is 0.0888. The summed E-state index contributed by atoms with van der Waals surface area (Å²) in [6.07, 6.45) is 0. The second-order valence-corrected chi connectivity index (χ2v) is 16.6. The monoisotopic (exact) mass is 667 g/mol. The minimum Gasteiger partial charge on any atom is -0.289 e. The van der Waals surface area contributed by atoms with Crippen molar-refractivity contribution in [3.63, 3.8) is 0 Å². The minimum atomic E-state index is -0.408. The highest BCUT2D eigenvalue weighted by atomic mass is 32.2. The van der Waals surface area contributed by atoms with Crippen LogP contribution in [0.2, 0.25) is 0 Å². The van der Waals surface area contributed by atoms with Gasteiger partial charge in [0.15, 0.2) is 25.5 Å². The average Bonchev–Trinajstić information content (AvgIpc) is 3.07. The van der Waals surface area contributed by atoms with E-state index in [0.717, 1.165) is 55.0 Å². The molecule has 0 bridgehead atoms. The van der Waals surface area contributed by atoms with E-state index >= 15 is 0 Å². The van der Waals surface area contributed by atoms with Gasteiger partial charge in [-0.2, -0.15) is 0 Å². The van der Waals surface area contributed by atoms with E-state index in [1.807, 2.05) is 54.6 Å². The average molecular weight is 668 g/mol. The molecule has 8 aromatic rings. The number of hydrogen-bond donors (Lipinski definition) is 0. The Kier molecular flexibility index (Phi) is 7.54. The van der Waals surface area contributed by atoms with E-state index in [9.17, 15) is 9.59 Å². The zero-order valence-corrected chi connectivity index (χ0v) is 28.3. The summed E-state index contributed by atoms with van der Waals surface area (Å²) < 4.78 is 4.05. The zero-order chi connectivity index (χ0) is 31.4. The van der Waals surface area contributed by atoms with Crippen molar-refractivity contribution in [2.24, 2.45) is 0 Å². The van der Waals surface area contributed by atoms with Gasteiger partial charge in [0, 0.05) is 61.8 Å². The highest BCUT2D eigenvalue weighted by Crippen LogP contribution is 2.39. The molecular weight excluding hydrogens is 641 g/mol. The molecule has 1 unspecified atom stereocenters. The smallest absolute Gasteiger partial charge is 0.196 e. The Hall–Kier alpha value is -4.20. The molecule has 0 aliphatic rings. The maximum Gasteiger partial charge on any atom is 0.196 e. The van der Waals surface area contributed by atoms with Crippen LogP contribution >= 0.6 is 34.4 Å². The van der Waals surface area contributed by atoms with Crippen LogP contribution in [0.4, 0.5) is 0 Å². The summed E-state index contributed by atoms with van der Waals surface area (Å²) in [5.41, 5.74) is 2.58. The van der Waals surface area contributed by atoms with Crippen LogP contribution in [0.25, 0.3) is 40.3 Å². The first kappa shape index (κ1) is 29.2. The van der Waals surface area contributed by atoms with E-state index < -0.39 is 10.9 Å². The van der Waals surface area contributed by atoms with Gasteiger partial charge in [0.05, 0.1) is 10.9 Å². The summed E-state index contributed by atoms with van der Waals surface area (Å²) in [4.78, 5) is 32.7. The molecule has 0 fully saturated rings. The molecule has 0 spiro atoms. The van der Waals surface area contributed by atoms with Gasteiger partial charge >= 0.3 is 0 Å². The van der Waals surface area contributed by atoms with E-state index in [4.69, 9.17) is 0 Å². The summed E-state index contributed by atoms with van der Waals surface area (Å²) in [6, 6.07) is 43.7. The lowest BCUT2D eigenvalue weighted by molar-refractivity contribution is 1.20. The van der Waals surface area contributed by atoms with Crippen molar-refractivity contribution in [1.29, 1.82) is 0 Å². The second kappa shape index (κ2) is 11.9. The Labute approximate surface area is 281 Å². The van der Waals surface area contributed by atoms with Gasteiger partial charge in [-0.3, -0.25) is 9.59 Å². The maximum atomic E-state index is 13.6. The van der Waals surface area contributed by atoms with E-state index in [-0.39, 0.29) is 10.9 Å². The van der Waals surface area contributed by atoms with Gasteiger partial charge in [0.1, 0.15) is 0 Å². The van der Waals surface area contributed by atoms with E-state index in [1.165, 1.54) is 20.9 Å². The molecule has 6 aromatic carbocycles. The predicted octanol–water partition coefficient (Wildman–Crippen LogP) is 11.0. The lowest BCUT2D eigenvalue weighted by Crippen LogP contribution is -2.08. The van der Waals surface area contributed by atoms with E-state index in [1.54, 1.807) is 34.4 Å². The van der Waals surface area contributed by atoms with Gasteiger partial charge in [0.25, 0.3) is 0 Å². The van der Waals surface area contributed by atoms with E-state index in [0.29, 0.717) is 0 Å². The predicted molar refractivity (Wildman–Crippen MR) is 200 cm³/mol. The number of fused-ring (bicyclic) bond motifs is 4. The van der Waals surface area contributed by atoms with Crippen LogP contribution in [-0.2, 0) is 10.9 Å². The van der Waals surface area contributed by atoms with Crippen LogP contribution in [0.15, 0.2) is 161 Å². The number of aryl methyl sites for hydroxylation is 2. The summed E-state index contributed by atoms with van der Waals surface area (Å²) >= 11 is 5.01. The molecule has 8 rings (SSSR count). The Balaban J connectivity index is 1.20. The van der Waals surface area contributed by atoms with Crippen molar-refractivity contribution < 1.29 is 0 Å². The molecule has 222 valence electrons. The lowest BCUT2D eigenvalue weighted by atomic mass is 10.2. The normalized spacial score (nSPS) is 12.3. The third kappa shape index (κ3) is 5.25. The SMILES string of the molecule is Cc1cccc([S+](c2ccc3sc4ccccc4c(=O)c3c2)c2ccc(Sc3ccc4sc5ccccc5c(=O)c4c3)cc2C)c1. The second-order valence-electron chi connectivity index (χ2n) is 11.3. The molecule has 0 radical (unpaired) electrons. The highest BCUT2D eigenvalue weighted by Gasteiger charge is 2.31. The lowest BCUT2D eigenvalue weighted by Gasteiger charge is -2.13. The molecule has 6 heteroatoms. The molecule has 1 atom stereocenters. The molecule has 46 heavy (non-hydrogen) atoms. The maximum absolute atomic E-state index is 13.6. The summed E-state index contributed by atoms with van der Waals surface area (Å²) in [5, 5.41) is 3.10. The molecule has 0 amide bonds. The first-order valence-corrected chi connectivity index (χ1v) is 18.6. The fourth-order valence-electron chi connectivity index (χ4n) is 5.94. The van der Waals surface area contributed by atoms with Gasteiger partial charge in [-0.05, 0) is 104 Å². The topological polar surface area (TPSA) is 34.1 Å². The molecular formula is C40H27O2S4+. The molecule has 2 aromatic heterocycles. The van der Waals surface area contributed by atoms with Crippen molar-refractivity contribution in [1.82, 2.24) is 0 Å². The van der Waals surface area contributed by atoms with Crippen LogP contribution < -0.4 is 10.9 Å². The number of rotatable bonds is 5. The van der Waals surface area contributed by atoms with Crippen LogP contribution in [0.5, 0.6) is 0 Å². The Morgan fingerprint density at radius 3 is 1.74 bits per heavy atom. The van der Waals surface area contributed by atoms with Crippen molar-refractivity contribution in [3.05, 3.63) is 159 Å². The molecule has 0 saturated carbocycles. The molecule has 2 nitrogen and oxygen atoms in total. The fraction of sp³-hybridized carbons (Fsp3) is 0.0500. The third-order valence-corrected chi connectivity index (χ3v) is 13.8. The molecule has 0 aliphatic heterocycles. The first-order chi connectivity index (χ1) is 22.4. The Morgan fingerprint density at radius 2 is 1.07 bits per heavy atom. The largest absolute Gasteiger partial charge is 0.289 e. The zero-order valence-electron chi connectivity index (χ0n) is 25.1. The van der Waals surface area contributed by atoms with Gasteiger partial charge in [-0.1, -0.05) is 48.2 Å². The quantitative estimate of drug-likeness (QED) is 0.135. The van der Waals surface area contributed by atoms with Gasteiger partial charge in [0.2, 0.25) is 0 Å². The summed E-state index contributed by atoms with van der Waals surface area (Å²) in [7, 11) is -0.408. The standard InChI is InChI=1S/C40H27O2S4/c1-24-8-7-9-28(20-24)46(29-16-18-37-33(23-29)40(42)31-11-4-6-13-35(31)45-37)38-19-15-26(21-25(38)2)43-27-14-17-36-32(22-27)39(41)30-10-3-5-12-34(30)44-36/h3-23H,1-2H3/q+1. The number of hydrogen-bond acceptors (Lipinski definition) is 5. The molecule has 0 aliphatic carbocycles. The number of benzene rings is 6. The highest BCUT2D eigenvalue weighted by molar-refractivity contribution is 7.99. The molecule has 0 saturated heterocycles. The van der Waals surface area contributed by atoms with Crippen molar-refractivity contribution in [2.45, 2.75) is 38.3 Å². The van der Waals surface area contributed by atoms with Crippen LogP contribution in [0, 0.1) is 13.8 Å². The van der Waals surface area contributed by atoms with Gasteiger partial charge in [-0.15, -0.1) is 22.7 Å². The van der Waals surface area contributed by atoms with Crippen LogP contribution in [0.1, 0.15) is 11.1 Å². The summed E-state index contributed by atoms with van der Waals surface area (Å²) in [6.45, 7) is 4.30. The molecule has 0 N–H and O–H groups in total. The van der Waals surface area contributed by atoms with Crippen molar-refractivity contribution in [3.8, 4) is 0 Å². The van der Waals surface area contributed by atoms with Crippen LogP contribution in [0.3, 0.4) is 0 Å².